The number of hydrogen-bond acceptors (Lipinski definition) is 5. The number of rotatable bonds is 7. The molecule has 3 rings (SSSR count). The van der Waals surface area contributed by atoms with Crippen LogP contribution in [-0.2, 0) is 14.3 Å². The van der Waals surface area contributed by atoms with E-state index in [0.717, 1.165) is 25.9 Å². The van der Waals surface area contributed by atoms with Crippen molar-refractivity contribution in [2.45, 2.75) is 50.0 Å². The molecule has 28 heavy (non-hydrogen) atoms. The Balaban J connectivity index is 1.68. The molecule has 0 N–H and O–H groups in total. The number of halogens is 1. The molecule has 1 aliphatic heterocycles. The Labute approximate surface area is 166 Å². The van der Waals surface area contributed by atoms with E-state index in [4.69, 9.17) is 14.2 Å². The molecule has 0 spiro atoms. The number of likely N-dealkylation sites (tertiary alicyclic amines) is 1. The molecule has 1 amide bonds. The van der Waals surface area contributed by atoms with Gasteiger partial charge in [0.15, 0.2) is 6.61 Å². The minimum atomic E-state index is -0.381. The Morgan fingerprint density at radius 1 is 1.18 bits per heavy atom. The standard InChI is InChI=1S/C21H31FN2O4/c1-23(21(25)14-28-16-8-6-7-15(22)11-16)17-12-19(26-2)20(27-3)13-18(17)24-9-4-5-10-24/h6-8,11,17-20H,4-5,9-10,12-14H2,1-3H3. The molecule has 4 unspecified atom stereocenters. The van der Waals surface area contributed by atoms with E-state index >= 15 is 0 Å². The molecule has 2 aliphatic rings. The van der Waals surface area contributed by atoms with Crippen LogP contribution in [0.2, 0.25) is 0 Å². The maximum atomic E-state index is 13.3. The van der Waals surface area contributed by atoms with E-state index in [0.29, 0.717) is 5.75 Å². The van der Waals surface area contributed by atoms with Gasteiger partial charge in [-0.25, -0.2) is 4.39 Å². The summed E-state index contributed by atoms with van der Waals surface area (Å²) in [6.07, 6.45) is 3.91. The monoisotopic (exact) mass is 394 g/mol. The second kappa shape index (κ2) is 9.67. The van der Waals surface area contributed by atoms with Crippen molar-refractivity contribution < 1.29 is 23.4 Å². The van der Waals surface area contributed by atoms with Gasteiger partial charge in [-0.3, -0.25) is 9.69 Å². The summed E-state index contributed by atoms with van der Waals surface area (Å²) in [6.45, 7) is 1.99. The molecule has 4 atom stereocenters. The normalized spacial score (nSPS) is 28.3. The molecule has 2 fully saturated rings. The number of amides is 1. The van der Waals surface area contributed by atoms with Crippen LogP contribution in [0.15, 0.2) is 24.3 Å². The van der Waals surface area contributed by atoms with Crippen LogP contribution in [0.5, 0.6) is 5.75 Å². The maximum absolute atomic E-state index is 13.3. The van der Waals surface area contributed by atoms with Gasteiger partial charge in [-0.05, 0) is 50.9 Å². The first-order chi connectivity index (χ1) is 13.5. The quantitative estimate of drug-likeness (QED) is 0.710. The Bertz CT molecular complexity index is 653. The fourth-order valence-electron chi connectivity index (χ4n) is 4.46. The predicted molar refractivity (Wildman–Crippen MR) is 104 cm³/mol. The van der Waals surface area contributed by atoms with Gasteiger partial charge in [-0.1, -0.05) is 6.07 Å². The summed E-state index contributed by atoms with van der Waals surface area (Å²) < 4.78 is 30.2. The number of carbonyl (C=O) groups excluding carboxylic acids is 1. The van der Waals surface area contributed by atoms with Gasteiger partial charge < -0.3 is 19.1 Å². The van der Waals surface area contributed by atoms with Crippen LogP contribution >= 0.6 is 0 Å². The average Bonchev–Trinajstić information content (AvgIpc) is 3.25. The van der Waals surface area contributed by atoms with Crippen LogP contribution in [-0.4, -0.2) is 81.0 Å². The molecule has 1 aliphatic carbocycles. The number of methoxy groups -OCH3 is 2. The van der Waals surface area contributed by atoms with Crippen molar-refractivity contribution in [3.63, 3.8) is 0 Å². The van der Waals surface area contributed by atoms with E-state index in [1.54, 1.807) is 31.3 Å². The number of hydrogen-bond donors (Lipinski definition) is 0. The van der Waals surface area contributed by atoms with Crippen LogP contribution in [0.25, 0.3) is 0 Å². The highest BCUT2D eigenvalue weighted by Gasteiger charge is 2.43. The smallest absolute Gasteiger partial charge is 0.260 e. The number of benzene rings is 1. The topological polar surface area (TPSA) is 51.2 Å². The van der Waals surface area contributed by atoms with E-state index in [-0.39, 0.29) is 42.6 Å². The summed E-state index contributed by atoms with van der Waals surface area (Å²) in [5.74, 6) is -0.145. The fraction of sp³-hybridized carbons (Fsp3) is 0.667. The summed E-state index contributed by atoms with van der Waals surface area (Å²) in [7, 11) is 5.24. The first kappa shape index (κ1) is 21.0. The maximum Gasteiger partial charge on any atom is 0.260 e. The zero-order chi connectivity index (χ0) is 20.1. The molecule has 0 radical (unpaired) electrons. The van der Waals surface area contributed by atoms with E-state index < -0.39 is 0 Å². The lowest BCUT2D eigenvalue weighted by Crippen LogP contribution is -2.59. The lowest BCUT2D eigenvalue weighted by Gasteiger charge is -2.47. The van der Waals surface area contributed by atoms with Crippen molar-refractivity contribution in [3.8, 4) is 5.75 Å². The molecular formula is C21H31FN2O4. The van der Waals surface area contributed by atoms with Crippen molar-refractivity contribution >= 4 is 5.91 Å². The minimum Gasteiger partial charge on any atom is -0.484 e. The Hall–Kier alpha value is -1.70. The summed E-state index contributed by atoms with van der Waals surface area (Å²) >= 11 is 0. The summed E-state index contributed by atoms with van der Waals surface area (Å²) in [4.78, 5) is 17.1. The second-order valence-electron chi connectivity index (χ2n) is 7.65. The number of nitrogens with zero attached hydrogens (tertiary/aromatic N) is 2. The van der Waals surface area contributed by atoms with Crippen LogP contribution in [0, 0.1) is 5.82 Å². The molecule has 6 nitrogen and oxygen atoms in total. The minimum absolute atomic E-state index is 0.0260. The van der Waals surface area contributed by atoms with Gasteiger partial charge in [0.25, 0.3) is 5.91 Å². The van der Waals surface area contributed by atoms with Gasteiger partial charge in [0.05, 0.1) is 12.2 Å². The Morgan fingerprint density at radius 3 is 2.50 bits per heavy atom. The molecule has 0 aromatic heterocycles. The van der Waals surface area contributed by atoms with Gasteiger partial charge >= 0.3 is 0 Å². The average molecular weight is 394 g/mol. The third-order valence-corrected chi connectivity index (χ3v) is 6.07. The molecule has 1 heterocycles. The first-order valence-electron chi connectivity index (χ1n) is 9.97. The first-order valence-corrected chi connectivity index (χ1v) is 9.97. The van der Waals surface area contributed by atoms with Crippen LogP contribution in [0.3, 0.4) is 0 Å². The second-order valence-corrected chi connectivity index (χ2v) is 7.65. The summed E-state index contributed by atoms with van der Waals surface area (Å²) in [6, 6.07) is 6.11. The van der Waals surface area contributed by atoms with Gasteiger partial charge in [0, 0.05) is 39.4 Å². The number of ether oxygens (including phenoxy) is 3. The number of carbonyl (C=O) groups is 1. The zero-order valence-corrected chi connectivity index (χ0v) is 17.0. The fourth-order valence-corrected chi connectivity index (χ4v) is 4.46. The van der Waals surface area contributed by atoms with E-state index in [2.05, 4.69) is 4.90 Å². The van der Waals surface area contributed by atoms with Crippen LogP contribution in [0.4, 0.5) is 4.39 Å². The zero-order valence-electron chi connectivity index (χ0n) is 17.0. The van der Waals surface area contributed by atoms with Gasteiger partial charge in [0.2, 0.25) is 0 Å². The molecule has 0 bridgehead atoms. The van der Waals surface area contributed by atoms with Crippen molar-refractivity contribution in [1.82, 2.24) is 9.80 Å². The Kier molecular flexibility index (Phi) is 7.26. The van der Waals surface area contributed by atoms with Crippen LogP contribution < -0.4 is 4.74 Å². The lowest BCUT2D eigenvalue weighted by molar-refractivity contribution is -0.142. The SMILES string of the molecule is COC1CC(N2CCCC2)C(N(C)C(=O)COc2cccc(F)c2)CC1OC. The summed E-state index contributed by atoms with van der Waals surface area (Å²) in [5, 5.41) is 0. The summed E-state index contributed by atoms with van der Waals surface area (Å²) in [5.41, 5.74) is 0. The van der Waals surface area contributed by atoms with Crippen molar-refractivity contribution in [2.75, 3.05) is 41.0 Å². The van der Waals surface area contributed by atoms with Crippen LogP contribution in [0.1, 0.15) is 25.7 Å². The van der Waals surface area contributed by atoms with E-state index in [9.17, 15) is 9.18 Å². The molecule has 7 heteroatoms. The molecule has 1 aromatic rings. The molecule has 1 aromatic carbocycles. The number of likely N-dealkylation sites (N-methyl/N-ethyl adjacent to an activating group) is 1. The Morgan fingerprint density at radius 2 is 1.86 bits per heavy atom. The molecule has 156 valence electrons. The highest BCUT2D eigenvalue weighted by atomic mass is 19.1. The van der Waals surface area contributed by atoms with Gasteiger partial charge in [-0.2, -0.15) is 0 Å². The molecule has 1 saturated heterocycles. The van der Waals surface area contributed by atoms with E-state index in [1.165, 1.54) is 25.0 Å². The lowest BCUT2D eigenvalue weighted by atomic mass is 9.84. The third kappa shape index (κ3) is 4.82. The highest BCUT2D eigenvalue weighted by molar-refractivity contribution is 5.78. The van der Waals surface area contributed by atoms with E-state index in [1.807, 2.05) is 7.05 Å². The molecule has 1 saturated carbocycles. The van der Waals surface area contributed by atoms with Crippen molar-refractivity contribution in [3.05, 3.63) is 30.1 Å². The van der Waals surface area contributed by atoms with Crippen molar-refractivity contribution in [1.29, 1.82) is 0 Å². The van der Waals surface area contributed by atoms with Crippen molar-refractivity contribution in [2.24, 2.45) is 0 Å². The largest absolute Gasteiger partial charge is 0.484 e. The third-order valence-electron chi connectivity index (χ3n) is 6.07. The van der Waals surface area contributed by atoms with Gasteiger partial charge in [0.1, 0.15) is 11.6 Å². The highest BCUT2D eigenvalue weighted by Crippen LogP contribution is 2.32. The predicted octanol–water partition coefficient (Wildman–Crippen LogP) is 2.32. The van der Waals surface area contributed by atoms with Gasteiger partial charge in [-0.15, -0.1) is 0 Å². The molecular weight excluding hydrogens is 363 g/mol.